The van der Waals surface area contributed by atoms with E-state index in [1.54, 1.807) is 0 Å². The van der Waals surface area contributed by atoms with Crippen molar-refractivity contribution in [2.24, 2.45) is 0 Å². The van der Waals surface area contributed by atoms with Crippen LogP contribution in [0.15, 0.2) is 24.3 Å². The van der Waals surface area contributed by atoms with Crippen LogP contribution in [0, 0.1) is 41.5 Å². The summed E-state index contributed by atoms with van der Waals surface area (Å²) in [5.41, 5.74) is 10.8. The number of aryl methyl sites for hydroxylation is 6. The summed E-state index contributed by atoms with van der Waals surface area (Å²) < 4.78 is 2.47. The molecular formula is C23H31N2+. The molecule has 1 aliphatic rings. The van der Waals surface area contributed by atoms with E-state index in [4.69, 9.17) is 0 Å². The smallest absolute Gasteiger partial charge is 0.226 e. The molecular weight excluding hydrogens is 304 g/mol. The molecule has 2 nitrogen and oxygen atoms in total. The van der Waals surface area contributed by atoms with Gasteiger partial charge in [-0.1, -0.05) is 35.4 Å². The van der Waals surface area contributed by atoms with Crippen LogP contribution in [0.3, 0.4) is 0 Å². The minimum atomic E-state index is 0.431. The maximum absolute atomic E-state index is 2.47. The summed E-state index contributed by atoms with van der Waals surface area (Å²) in [6.45, 7) is 17.9. The Hall–Kier alpha value is -2.09. The van der Waals surface area contributed by atoms with Crippen molar-refractivity contribution in [3.05, 3.63) is 57.6 Å². The van der Waals surface area contributed by atoms with Gasteiger partial charge in [0.05, 0.1) is 0 Å². The SMILES string of the molecule is Cc1cc(C)c(N2C=[N+](c3c(C)cc(C)cc3C)C(C)C2C)c(C)c1. The zero-order valence-electron chi connectivity index (χ0n) is 16.9. The van der Waals surface area contributed by atoms with Crippen molar-refractivity contribution in [3.63, 3.8) is 0 Å². The molecule has 1 aliphatic heterocycles. The maximum Gasteiger partial charge on any atom is 0.245 e. The number of anilines is 1. The van der Waals surface area contributed by atoms with E-state index in [0.29, 0.717) is 12.1 Å². The summed E-state index contributed by atoms with van der Waals surface area (Å²) in [6.07, 6.45) is 2.32. The highest BCUT2D eigenvalue weighted by Crippen LogP contribution is 2.34. The highest BCUT2D eigenvalue weighted by atomic mass is 15.3. The van der Waals surface area contributed by atoms with Crippen LogP contribution in [-0.2, 0) is 0 Å². The van der Waals surface area contributed by atoms with Gasteiger partial charge >= 0.3 is 0 Å². The third-order valence-corrected chi connectivity index (χ3v) is 5.61. The molecule has 0 fully saturated rings. The molecule has 1 heterocycles. The molecule has 25 heavy (non-hydrogen) atoms. The van der Waals surface area contributed by atoms with E-state index in [0.717, 1.165) is 0 Å². The zero-order chi connectivity index (χ0) is 18.5. The van der Waals surface area contributed by atoms with E-state index in [1.807, 2.05) is 0 Å². The number of benzene rings is 2. The third-order valence-electron chi connectivity index (χ3n) is 5.61. The Morgan fingerprint density at radius 3 is 1.64 bits per heavy atom. The lowest BCUT2D eigenvalue weighted by molar-refractivity contribution is -0.469. The first-order valence-corrected chi connectivity index (χ1v) is 9.28. The monoisotopic (exact) mass is 335 g/mol. The van der Waals surface area contributed by atoms with Crippen LogP contribution in [0.4, 0.5) is 11.4 Å². The molecule has 2 heteroatoms. The predicted octanol–water partition coefficient (Wildman–Crippen LogP) is 5.51. The Balaban J connectivity index is 2.14. The van der Waals surface area contributed by atoms with Gasteiger partial charge in [-0.3, -0.25) is 0 Å². The van der Waals surface area contributed by atoms with Gasteiger partial charge < -0.3 is 0 Å². The first-order valence-electron chi connectivity index (χ1n) is 9.28. The summed E-state index contributed by atoms with van der Waals surface area (Å²) in [5, 5.41) is 0. The van der Waals surface area contributed by atoms with Gasteiger partial charge in [0.2, 0.25) is 6.34 Å². The van der Waals surface area contributed by atoms with Crippen LogP contribution >= 0.6 is 0 Å². The standard InChI is InChI=1S/C23H31N2/c1-14-9-16(3)22(17(4)10-14)24-13-25(21(8)20(24)7)23-18(5)11-15(2)12-19(23)6/h9-13,20-21H,1-8H3/q+1. The molecule has 0 radical (unpaired) electrons. The molecule has 0 N–H and O–H groups in total. The van der Waals surface area contributed by atoms with E-state index in [-0.39, 0.29) is 0 Å². The topological polar surface area (TPSA) is 6.25 Å². The molecule has 0 aromatic heterocycles. The Morgan fingerprint density at radius 1 is 0.720 bits per heavy atom. The van der Waals surface area contributed by atoms with E-state index >= 15 is 0 Å². The van der Waals surface area contributed by atoms with Crippen molar-refractivity contribution in [1.29, 1.82) is 0 Å². The van der Waals surface area contributed by atoms with Gasteiger partial charge in [0.25, 0.3) is 0 Å². The van der Waals surface area contributed by atoms with Crippen LogP contribution in [0.2, 0.25) is 0 Å². The van der Waals surface area contributed by atoms with Crippen LogP contribution in [0.1, 0.15) is 47.2 Å². The van der Waals surface area contributed by atoms with Gasteiger partial charge in [-0.15, -0.1) is 0 Å². The van der Waals surface area contributed by atoms with Crippen molar-refractivity contribution in [1.82, 2.24) is 0 Å². The molecule has 0 spiro atoms. The van der Waals surface area contributed by atoms with Crippen LogP contribution in [0.5, 0.6) is 0 Å². The Bertz CT molecular complexity index is 814. The second-order valence-corrected chi connectivity index (χ2v) is 7.91. The number of nitrogens with zero attached hydrogens (tertiary/aromatic N) is 2. The molecule has 2 atom stereocenters. The van der Waals surface area contributed by atoms with Gasteiger partial charge in [-0.25, -0.2) is 9.48 Å². The number of hydrogen-bond acceptors (Lipinski definition) is 1. The zero-order valence-corrected chi connectivity index (χ0v) is 16.9. The summed E-state index contributed by atoms with van der Waals surface area (Å²) in [4.78, 5) is 2.47. The van der Waals surface area contributed by atoms with Crippen molar-refractivity contribution < 1.29 is 4.58 Å². The van der Waals surface area contributed by atoms with Gasteiger partial charge in [-0.2, -0.15) is 0 Å². The predicted molar refractivity (Wildman–Crippen MR) is 109 cm³/mol. The van der Waals surface area contributed by atoms with Gasteiger partial charge in [0.15, 0.2) is 0 Å². The molecule has 0 amide bonds. The average Bonchev–Trinajstić information content (AvgIpc) is 2.74. The summed E-state index contributed by atoms with van der Waals surface area (Å²) >= 11 is 0. The highest BCUT2D eigenvalue weighted by Gasteiger charge is 2.39. The number of hydrogen-bond donors (Lipinski definition) is 0. The molecule has 2 aromatic carbocycles. The second kappa shape index (κ2) is 6.33. The maximum atomic E-state index is 2.47. The van der Waals surface area contributed by atoms with E-state index < -0.39 is 0 Å². The Morgan fingerprint density at radius 2 is 1.16 bits per heavy atom. The quantitative estimate of drug-likeness (QED) is 0.656. The van der Waals surface area contributed by atoms with Crippen LogP contribution in [0.25, 0.3) is 0 Å². The van der Waals surface area contributed by atoms with Crippen molar-refractivity contribution in [2.45, 2.75) is 67.5 Å². The lowest BCUT2D eigenvalue weighted by Gasteiger charge is -2.20. The van der Waals surface area contributed by atoms with Crippen LogP contribution in [-0.4, -0.2) is 23.0 Å². The van der Waals surface area contributed by atoms with E-state index in [1.165, 1.54) is 44.8 Å². The van der Waals surface area contributed by atoms with Crippen molar-refractivity contribution in [3.8, 4) is 0 Å². The fourth-order valence-electron chi connectivity index (χ4n) is 4.49. The summed E-state index contributed by atoms with van der Waals surface area (Å²) in [7, 11) is 0. The molecule has 132 valence electrons. The molecule has 0 aliphatic carbocycles. The third kappa shape index (κ3) is 2.99. The summed E-state index contributed by atoms with van der Waals surface area (Å²) in [6, 6.07) is 10.0. The van der Waals surface area contributed by atoms with Gasteiger partial charge in [0.1, 0.15) is 23.5 Å². The summed E-state index contributed by atoms with van der Waals surface area (Å²) in [5.74, 6) is 0. The Labute approximate surface area is 152 Å². The minimum Gasteiger partial charge on any atom is -0.226 e. The molecule has 2 aromatic rings. The van der Waals surface area contributed by atoms with Crippen LogP contribution < -0.4 is 4.90 Å². The van der Waals surface area contributed by atoms with Gasteiger partial charge in [0, 0.05) is 0 Å². The average molecular weight is 336 g/mol. The molecule has 0 bridgehead atoms. The largest absolute Gasteiger partial charge is 0.245 e. The normalized spacial score (nSPS) is 20.2. The molecule has 3 rings (SSSR count). The fourth-order valence-corrected chi connectivity index (χ4v) is 4.49. The van der Waals surface area contributed by atoms with Crippen molar-refractivity contribution in [2.75, 3.05) is 4.90 Å². The van der Waals surface area contributed by atoms with E-state index in [2.05, 4.69) is 95.5 Å². The number of rotatable bonds is 2. The first-order chi connectivity index (χ1) is 11.7. The van der Waals surface area contributed by atoms with Gasteiger partial charge in [-0.05, 0) is 77.6 Å². The molecule has 2 unspecified atom stereocenters. The minimum absolute atomic E-state index is 0.431. The second-order valence-electron chi connectivity index (χ2n) is 7.91. The molecule has 0 saturated carbocycles. The lowest BCUT2D eigenvalue weighted by atomic mass is 10.0. The van der Waals surface area contributed by atoms with E-state index in [9.17, 15) is 0 Å². The highest BCUT2D eigenvalue weighted by molar-refractivity contribution is 5.83. The molecule has 0 saturated heterocycles. The fraction of sp³-hybridized carbons (Fsp3) is 0.435. The first kappa shape index (κ1) is 17.7. The Kier molecular flexibility index (Phi) is 4.49. The lowest BCUT2D eigenvalue weighted by Crippen LogP contribution is -2.34. The van der Waals surface area contributed by atoms with Crippen molar-refractivity contribution >= 4 is 17.7 Å².